The average molecular weight is 279 g/mol. The topological polar surface area (TPSA) is 81.1 Å². The molecule has 0 radical (unpaired) electrons. The van der Waals surface area contributed by atoms with E-state index in [0.29, 0.717) is 11.3 Å². The van der Waals surface area contributed by atoms with Crippen molar-refractivity contribution in [2.24, 2.45) is 7.05 Å². The Bertz CT molecular complexity index is 702. The highest BCUT2D eigenvalue weighted by molar-refractivity contribution is 7.92. The molecule has 19 heavy (non-hydrogen) atoms. The normalized spacial score (nSPS) is 11.3. The molecule has 0 atom stereocenters. The molecule has 1 aromatic heterocycles. The molecule has 0 bridgehead atoms. The summed E-state index contributed by atoms with van der Waals surface area (Å²) in [6, 6.07) is 6.24. The number of benzene rings is 1. The van der Waals surface area contributed by atoms with Crippen LogP contribution in [0.2, 0.25) is 0 Å². The highest BCUT2D eigenvalue weighted by atomic mass is 32.2. The van der Waals surface area contributed by atoms with Crippen molar-refractivity contribution in [1.82, 2.24) is 9.78 Å². The lowest BCUT2D eigenvalue weighted by atomic mass is 10.1. The van der Waals surface area contributed by atoms with Crippen LogP contribution in [0.4, 0.5) is 5.69 Å². The molecule has 0 unspecified atom stereocenters. The van der Waals surface area contributed by atoms with Gasteiger partial charge in [-0.25, -0.2) is 8.42 Å². The second-order valence-electron chi connectivity index (χ2n) is 4.09. The van der Waals surface area contributed by atoms with Crippen LogP contribution in [0.5, 0.6) is 0 Å². The maximum absolute atomic E-state index is 12.0. The van der Waals surface area contributed by atoms with Gasteiger partial charge in [-0.2, -0.15) is 5.10 Å². The molecule has 0 aliphatic heterocycles. The molecule has 1 heterocycles. The number of ketones is 1. The molecule has 0 spiro atoms. The molecule has 7 heteroatoms. The predicted molar refractivity (Wildman–Crippen MR) is 70.5 cm³/mol. The molecule has 0 amide bonds. The van der Waals surface area contributed by atoms with Crippen LogP contribution in [0.3, 0.4) is 0 Å². The van der Waals surface area contributed by atoms with Gasteiger partial charge in [0.2, 0.25) is 0 Å². The van der Waals surface area contributed by atoms with Crippen LogP contribution in [0.1, 0.15) is 17.3 Å². The molecule has 2 rings (SSSR count). The fourth-order valence-corrected chi connectivity index (χ4v) is 2.57. The van der Waals surface area contributed by atoms with E-state index >= 15 is 0 Å². The van der Waals surface area contributed by atoms with Gasteiger partial charge >= 0.3 is 0 Å². The molecular formula is C12H13N3O3S. The smallest absolute Gasteiger partial charge is 0.265 e. The summed E-state index contributed by atoms with van der Waals surface area (Å²) >= 11 is 0. The summed E-state index contributed by atoms with van der Waals surface area (Å²) in [5.41, 5.74) is 0.929. The standard InChI is InChI=1S/C12H13N3O3S/c1-9(16)10-3-5-11(6-4-10)14-19(17,18)12-7-13-15(2)8-12/h3-8,14H,1-2H3. The number of hydrogen-bond acceptors (Lipinski definition) is 4. The van der Waals surface area contributed by atoms with Gasteiger partial charge in [-0.05, 0) is 31.2 Å². The molecule has 100 valence electrons. The van der Waals surface area contributed by atoms with Crippen LogP contribution in [-0.4, -0.2) is 24.0 Å². The van der Waals surface area contributed by atoms with E-state index in [1.54, 1.807) is 31.3 Å². The Morgan fingerprint density at radius 3 is 2.37 bits per heavy atom. The third-order valence-electron chi connectivity index (χ3n) is 2.54. The van der Waals surface area contributed by atoms with Crippen molar-refractivity contribution in [3.63, 3.8) is 0 Å². The van der Waals surface area contributed by atoms with Crippen molar-refractivity contribution >= 4 is 21.5 Å². The van der Waals surface area contributed by atoms with Gasteiger partial charge in [0.1, 0.15) is 4.90 Å². The van der Waals surface area contributed by atoms with Crippen LogP contribution < -0.4 is 4.72 Å². The number of Topliss-reactive ketones (excluding diaryl/α,β-unsaturated/α-hetero) is 1. The van der Waals surface area contributed by atoms with E-state index in [0.717, 1.165) is 0 Å². The molecule has 0 aliphatic rings. The van der Waals surface area contributed by atoms with Gasteiger partial charge in [-0.3, -0.25) is 14.2 Å². The van der Waals surface area contributed by atoms with Gasteiger partial charge in [0.25, 0.3) is 10.0 Å². The average Bonchev–Trinajstić information content (AvgIpc) is 2.77. The Morgan fingerprint density at radius 2 is 1.89 bits per heavy atom. The van der Waals surface area contributed by atoms with Crippen molar-refractivity contribution in [2.45, 2.75) is 11.8 Å². The minimum atomic E-state index is -3.64. The monoisotopic (exact) mass is 279 g/mol. The summed E-state index contributed by atoms with van der Waals surface area (Å²) < 4.78 is 27.8. The summed E-state index contributed by atoms with van der Waals surface area (Å²) in [7, 11) is -2.00. The SMILES string of the molecule is CC(=O)c1ccc(NS(=O)(=O)c2cnn(C)c2)cc1. The number of carbonyl (C=O) groups excluding carboxylic acids is 1. The first-order valence-electron chi connectivity index (χ1n) is 5.51. The van der Waals surface area contributed by atoms with Crippen molar-refractivity contribution in [3.05, 3.63) is 42.2 Å². The molecule has 2 aromatic rings. The molecule has 6 nitrogen and oxygen atoms in total. The Morgan fingerprint density at radius 1 is 1.26 bits per heavy atom. The Labute approximate surface area is 111 Å². The first-order chi connectivity index (χ1) is 8.88. The summed E-state index contributed by atoms with van der Waals surface area (Å²) in [6.07, 6.45) is 2.68. The Kier molecular flexibility index (Phi) is 3.39. The predicted octanol–water partition coefficient (Wildman–Crippen LogP) is 1.42. The van der Waals surface area contributed by atoms with Gasteiger partial charge in [0.15, 0.2) is 5.78 Å². The fraction of sp³-hybridized carbons (Fsp3) is 0.167. The summed E-state index contributed by atoms with van der Waals surface area (Å²) in [5.74, 6) is -0.0679. The van der Waals surface area contributed by atoms with Crippen molar-refractivity contribution in [3.8, 4) is 0 Å². The summed E-state index contributed by atoms with van der Waals surface area (Å²) in [6.45, 7) is 1.45. The molecule has 0 aliphatic carbocycles. The number of aryl methyl sites for hydroxylation is 1. The lowest BCUT2D eigenvalue weighted by Crippen LogP contribution is -2.12. The zero-order valence-electron chi connectivity index (χ0n) is 10.5. The third-order valence-corrected chi connectivity index (χ3v) is 3.87. The van der Waals surface area contributed by atoms with Gasteiger partial charge in [-0.15, -0.1) is 0 Å². The van der Waals surface area contributed by atoms with Crippen LogP contribution in [-0.2, 0) is 17.1 Å². The van der Waals surface area contributed by atoms with Crippen LogP contribution in [0, 0.1) is 0 Å². The zero-order valence-corrected chi connectivity index (χ0v) is 11.3. The van der Waals surface area contributed by atoms with Crippen LogP contribution in [0.15, 0.2) is 41.6 Å². The van der Waals surface area contributed by atoms with E-state index in [4.69, 9.17) is 0 Å². The van der Waals surface area contributed by atoms with E-state index in [-0.39, 0.29) is 10.7 Å². The highest BCUT2D eigenvalue weighted by Gasteiger charge is 2.16. The van der Waals surface area contributed by atoms with Crippen LogP contribution >= 0.6 is 0 Å². The van der Waals surface area contributed by atoms with Crippen LogP contribution in [0.25, 0.3) is 0 Å². The second-order valence-corrected chi connectivity index (χ2v) is 5.77. The van der Waals surface area contributed by atoms with Gasteiger partial charge in [0, 0.05) is 24.5 Å². The van der Waals surface area contributed by atoms with Gasteiger partial charge < -0.3 is 0 Å². The number of nitrogens with one attached hydrogen (secondary N) is 1. The lowest BCUT2D eigenvalue weighted by Gasteiger charge is -2.06. The fourth-order valence-electron chi connectivity index (χ4n) is 1.52. The largest absolute Gasteiger partial charge is 0.295 e. The van der Waals surface area contributed by atoms with Crippen molar-refractivity contribution in [2.75, 3.05) is 4.72 Å². The molecule has 0 fully saturated rings. The highest BCUT2D eigenvalue weighted by Crippen LogP contribution is 2.16. The Balaban J connectivity index is 2.23. The number of nitrogens with zero attached hydrogens (tertiary/aromatic N) is 2. The Hall–Kier alpha value is -2.15. The van der Waals surface area contributed by atoms with Gasteiger partial charge in [-0.1, -0.05) is 0 Å². The molecule has 1 N–H and O–H groups in total. The zero-order chi connectivity index (χ0) is 14.0. The number of anilines is 1. The maximum atomic E-state index is 12.0. The number of sulfonamides is 1. The van der Waals surface area contributed by atoms with Crippen molar-refractivity contribution in [1.29, 1.82) is 0 Å². The minimum Gasteiger partial charge on any atom is -0.295 e. The van der Waals surface area contributed by atoms with E-state index in [9.17, 15) is 13.2 Å². The molecule has 1 aromatic carbocycles. The quantitative estimate of drug-likeness (QED) is 0.858. The number of rotatable bonds is 4. The van der Waals surface area contributed by atoms with E-state index in [1.165, 1.54) is 24.0 Å². The summed E-state index contributed by atoms with van der Waals surface area (Å²) in [5, 5.41) is 3.81. The van der Waals surface area contributed by atoms with Crippen molar-refractivity contribution < 1.29 is 13.2 Å². The third kappa shape index (κ3) is 3.00. The summed E-state index contributed by atoms with van der Waals surface area (Å²) in [4.78, 5) is 11.2. The maximum Gasteiger partial charge on any atom is 0.265 e. The molecule has 0 saturated heterocycles. The van der Waals surface area contributed by atoms with E-state index < -0.39 is 10.0 Å². The first kappa shape index (κ1) is 13.3. The van der Waals surface area contributed by atoms with E-state index in [1.807, 2.05) is 0 Å². The molecular weight excluding hydrogens is 266 g/mol. The minimum absolute atomic E-state index is 0.0679. The van der Waals surface area contributed by atoms with Gasteiger partial charge in [0.05, 0.1) is 6.20 Å². The number of hydrogen-bond donors (Lipinski definition) is 1. The first-order valence-corrected chi connectivity index (χ1v) is 6.99. The van der Waals surface area contributed by atoms with E-state index in [2.05, 4.69) is 9.82 Å². The number of aromatic nitrogens is 2. The lowest BCUT2D eigenvalue weighted by molar-refractivity contribution is 0.101. The second kappa shape index (κ2) is 4.85. The number of carbonyl (C=O) groups is 1. The molecule has 0 saturated carbocycles.